The van der Waals surface area contributed by atoms with Gasteiger partial charge in [-0.15, -0.1) is 10.2 Å². The molecule has 0 saturated carbocycles. The fourth-order valence-electron chi connectivity index (χ4n) is 2.80. The van der Waals surface area contributed by atoms with Crippen molar-refractivity contribution in [2.75, 3.05) is 6.61 Å². The van der Waals surface area contributed by atoms with Crippen molar-refractivity contribution in [3.05, 3.63) is 72.2 Å². The van der Waals surface area contributed by atoms with Gasteiger partial charge in [-0.1, -0.05) is 59.4 Å². The number of benzene rings is 2. The Labute approximate surface area is 164 Å². The summed E-state index contributed by atoms with van der Waals surface area (Å²) in [5, 5.41) is 12.7. The number of aromatic nitrogens is 3. The van der Waals surface area contributed by atoms with Crippen molar-refractivity contribution in [2.24, 2.45) is 0 Å². The van der Waals surface area contributed by atoms with E-state index in [9.17, 15) is 0 Å². The van der Waals surface area contributed by atoms with Crippen molar-refractivity contribution in [1.82, 2.24) is 15.4 Å². The first-order valence-corrected chi connectivity index (χ1v) is 9.69. The van der Waals surface area contributed by atoms with Crippen LogP contribution in [0.15, 0.2) is 74.8 Å². The van der Waals surface area contributed by atoms with Gasteiger partial charge in [0.1, 0.15) is 6.61 Å². The van der Waals surface area contributed by atoms with Gasteiger partial charge in [-0.25, -0.2) is 0 Å². The van der Waals surface area contributed by atoms with Crippen LogP contribution in [0.2, 0.25) is 0 Å². The molecular formula is C20H15N3O4S. The summed E-state index contributed by atoms with van der Waals surface area (Å²) >= 11 is 1.39. The number of hydrogen-bond acceptors (Lipinski definition) is 8. The van der Waals surface area contributed by atoms with E-state index in [1.165, 1.54) is 11.8 Å². The van der Waals surface area contributed by atoms with Crippen LogP contribution >= 0.6 is 11.8 Å². The van der Waals surface area contributed by atoms with E-state index in [4.69, 9.17) is 18.4 Å². The van der Waals surface area contributed by atoms with Crippen molar-refractivity contribution in [3.8, 4) is 22.8 Å². The third kappa shape index (κ3) is 3.46. The average molecular weight is 393 g/mol. The summed E-state index contributed by atoms with van der Waals surface area (Å²) in [4.78, 5) is 0. The second-order valence-corrected chi connectivity index (χ2v) is 7.03. The maximum Gasteiger partial charge on any atom is 0.277 e. The van der Waals surface area contributed by atoms with Crippen molar-refractivity contribution in [1.29, 1.82) is 0 Å². The Morgan fingerprint density at radius 2 is 1.79 bits per heavy atom. The molecule has 1 atom stereocenters. The van der Waals surface area contributed by atoms with Gasteiger partial charge < -0.3 is 18.4 Å². The number of hydrogen-bond donors (Lipinski definition) is 0. The zero-order valence-electron chi connectivity index (χ0n) is 14.6. The monoisotopic (exact) mass is 393 g/mol. The molecule has 1 aliphatic heterocycles. The molecule has 0 fully saturated rings. The lowest BCUT2D eigenvalue weighted by atomic mass is 10.2. The van der Waals surface area contributed by atoms with E-state index in [0.717, 1.165) is 17.0 Å². The van der Waals surface area contributed by atoms with Crippen LogP contribution in [0.5, 0.6) is 11.5 Å². The second-order valence-electron chi connectivity index (χ2n) is 6.11. The van der Waals surface area contributed by atoms with Crippen molar-refractivity contribution in [2.45, 2.75) is 17.1 Å². The summed E-state index contributed by atoms with van der Waals surface area (Å²) in [5.74, 6) is 3.06. The van der Waals surface area contributed by atoms with Crippen LogP contribution in [0.4, 0.5) is 0 Å². The van der Waals surface area contributed by atoms with Gasteiger partial charge in [-0.2, -0.15) is 0 Å². The molecule has 0 N–H and O–H groups in total. The SMILES string of the molecule is c1ccc(-c2cc(CSc3nnc([C@H]4COc5ccccc5O4)o3)no2)cc1. The standard InChI is InChI=1S/C20H15N3O4S/c1-2-6-13(7-3-1)17-10-14(23-27-17)12-28-20-22-21-19(26-20)18-11-24-15-8-4-5-9-16(15)25-18/h1-10,18H,11-12H2/t18-/m1/s1. The number of nitrogens with zero attached hydrogens (tertiary/aromatic N) is 3. The third-order valence-electron chi connectivity index (χ3n) is 4.17. The quantitative estimate of drug-likeness (QED) is 0.457. The first-order chi connectivity index (χ1) is 13.8. The Hall–Kier alpha value is -3.26. The fraction of sp³-hybridized carbons (Fsp3) is 0.150. The first-order valence-electron chi connectivity index (χ1n) is 8.71. The lowest BCUT2D eigenvalue weighted by Crippen LogP contribution is -2.21. The summed E-state index contributed by atoms with van der Waals surface area (Å²) in [6, 6.07) is 19.3. The summed E-state index contributed by atoms with van der Waals surface area (Å²) in [5.41, 5.74) is 1.79. The molecule has 140 valence electrons. The van der Waals surface area contributed by atoms with Crippen LogP contribution in [-0.4, -0.2) is 22.0 Å². The van der Waals surface area contributed by atoms with Gasteiger partial charge in [0, 0.05) is 17.4 Å². The lowest BCUT2D eigenvalue weighted by molar-refractivity contribution is 0.0686. The highest BCUT2D eigenvalue weighted by molar-refractivity contribution is 7.98. The topological polar surface area (TPSA) is 83.4 Å². The predicted molar refractivity (Wildman–Crippen MR) is 101 cm³/mol. The molecule has 8 heteroatoms. The van der Waals surface area contributed by atoms with Crippen LogP contribution < -0.4 is 9.47 Å². The predicted octanol–water partition coefficient (Wildman–Crippen LogP) is 4.53. The van der Waals surface area contributed by atoms with Gasteiger partial charge in [0.25, 0.3) is 11.1 Å². The second kappa shape index (κ2) is 7.40. The highest BCUT2D eigenvalue weighted by atomic mass is 32.2. The smallest absolute Gasteiger partial charge is 0.277 e. The molecule has 0 bridgehead atoms. The van der Waals surface area contributed by atoms with Crippen molar-refractivity contribution in [3.63, 3.8) is 0 Å². The Morgan fingerprint density at radius 1 is 0.964 bits per heavy atom. The Bertz CT molecular complexity index is 1080. The van der Waals surface area contributed by atoms with Gasteiger partial charge in [0.15, 0.2) is 17.3 Å². The van der Waals surface area contributed by atoms with Gasteiger partial charge in [-0.3, -0.25) is 0 Å². The van der Waals surface area contributed by atoms with Crippen LogP contribution in [0.1, 0.15) is 17.7 Å². The van der Waals surface area contributed by atoms with E-state index < -0.39 is 6.10 Å². The minimum absolute atomic E-state index is 0.326. The van der Waals surface area contributed by atoms with E-state index in [0.29, 0.717) is 35.0 Å². The molecule has 0 unspecified atom stereocenters. The molecule has 7 nitrogen and oxygen atoms in total. The molecule has 0 saturated heterocycles. The summed E-state index contributed by atoms with van der Waals surface area (Å²) in [7, 11) is 0. The molecule has 2 aromatic carbocycles. The maximum absolute atomic E-state index is 5.89. The minimum Gasteiger partial charge on any atom is -0.485 e. The van der Waals surface area contributed by atoms with Gasteiger partial charge in [-0.05, 0) is 12.1 Å². The minimum atomic E-state index is -0.423. The van der Waals surface area contributed by atoms with E-state index in [1.807, 2.05) is 60.7 Å². The Morgan fingerprint density at radius 3 is 2.68 bits per heavy atom. The van der Waals surface area contributed by atoms with E-state index >= 15 is 0 Å². The number of para-hydroxylation sites is 2. The maximum atomic E-state index is 5.89. The van der Waals surface area contributed by atoms with Gasteiger partial charge in [0.05, 0.1) is 5.69 Å². The first kappa shape index (κ1) is 16.9. The third-order valence-corrected chi connectivity index (χ3v) is 5.02. The van der Waals surface area contributed by atoms with E-state index in [-0.39, 0.29) is 0 Å². The van der Waals surface area contributed by atoms with Crippen LogP contribution in [0, 0.1) is 0 Å². The van der Waals surface area contributed by atoms with Crippen molar-refractivity contribution < 1.29 is 18.4 Å². The molecule has 2 aromatic heterocycles. The van der Waals surface area contributed by atoms with Gasteiger partial charge >= 0.3 is 0 Å². The summed E-state index contributed by atoms with van der Waals surface area (Å²) in [6.07, 6.45) is -0.423. The highest BCUT2D eigenvalue weighted by Crippen LogP contribution is 2.36. The number of fused-ring (bicyclic) bond motifs is 1. The highest BCUT2D eigenvalue weighted by Gasteiger charge is 2.27. The van der Waals surface area contributed by atoms with Crippen molar-refractivity contribution >= 4 is 11.8 Å². The fourth-order valence-corrected chi connectivity index (χ4v) is 3.45. The van der Waals surface area contributed by atoms with Gasteiger partial charge in [0.2, 0.25) is 6.10 Å². The summed E-state index contributed by atoms with van der Waals surface area (Å²) < 4.78 is 22.7. The average Bonchev–Trinajstić information content (AvgIpc) is 3.42. The molecule has 5 rings (SSSR count). The number of rotatable bonds is 5. The van der Waals surface area contributed by atoms with E-state index in [1.54, 1.807) is 0 Å². The molecule has 0 amide bonds. The molecule has 1 aliphatic rings. The van der Waals surface area contributed by atoms with Crippen LogP contribution in [0.25, 0.3) is 11.3 Å². The molecule has 0 radical (unpaired) electrons. The Kier molecular flexibility index (Phi) is 4.46. The zero-order valence-corrected chi connectivity index (χ0v) is 15.5. The number of thioether (sulfide) groups is 1. The van der Waals surface area contributed by atoms with E-state index in [2.05, 4.69) is 15.4 Å². The molecule has 28 heavy (non-hydrogen) atoms. The molecular weight excluding hydrogens is 378 g/mol. The molecule has 4 aromatic rings. The largest absolute Gasteiger partial charge is 0.485 e. The van der Waals surface area contributed by atoms with Crippen LogP contribution in [0.3, 0.4) is 0 Å². The Balaban J connectivity index is 1.23. The lowest BCUT2D eigenvalue weighted by Gasteiger charge is -2.23. The molecule has 0 aliphatic carbocycles. The molecule has 3 heterocycles. The summed E-state index contributed by atoms with van der Waals surface area (Å²) in [6.45, 7) is 0.326. The van der Waals surface area contributed by atoms with Crippen LogP contribution in [-0.2, 0) is 5.75 Å². The zero-order chi connectivity index (χ0) is 18.8. The molecule has 0 spiro atoms. The number of ether oxygens (including phenoxy) is 2. The normalized spacial score (nSPS) is 15.5.